The molecule has 0 aliphatic heterocycles. The highest BCUT2D eigenvalue weighted by molar-refractivity contribution is 4.82. The van der Waals surface area contributed by atoms with Gasteiger partial charge in [0.25, 0.3) is 0 Å². The van der Waals surface area contributed by atoms with Crippen LogP contribution in [0.2, 0.25) is 0 Å². The fraction of sp³-hybridized carbons (Fsp3) is 1.00. The summed E-state index contributed by atoms with van der Waals surface area (Å²) in [6.45, 7) is 6.34. The van der Waals surface area contributed by atoms with E-state index in [2.05, 4.69) is 13.8 Å². The van der Waals surface area contributed by atoms with Gasteiger partial charge in [0, 0.05) is 13.2 Å². The smallest absolute Gasteiger partial charge is 0.0494 e. The third-order valence-corrected chi connectivity index (χ3v) is 7.22. The highest BCUT2D eigenvalue weighted by Crippen LogP contribution is 2.42. The fourth-order valence-corrected chi connectivity index (χ4v) is 5.45. The van der Waals surface area contributed by atoms with Crippen molar-refractivity contribution in [1.29, 1.82) is 0 Å². The zero-order valence-corrected chi connectivity index (χ0v) is 17.4. The van der Waals surface area contributed by atoms with Crippen molar-refractivity contribution < 1.29 is 4.74 Å². The van der Waals surface area contributed by atoms with Crippen molar-refractivity contribution >= 4 is 0 Å². The Morgan fingerprint density at radius 2 is 1.12 bits per heavy atom. The number of unbranched alkanes of at least 4 members (excludes halogenated alkanes) is 6. The second-order valence-corrected chi connectivity index (χ2v) is 9.13. The third kappa shape index (κ3) is 8.46. The normalized spacial score (nSPS) is 30.5. The van der Waals surface area contributed by atoms with E-state index in [0.717, 1.165) is 36.9 Å². The SMILES string of the molecule is CCCCCCCCC[C@H]1CC[C@H]([C@H]2CC[C@H](COCC)CC2)CC1. The molecule has 0 amide bonds. The summed E-state index contributed by atoms with van der Waals surface area (Å²) in [7, 11) is 0. The summed E-state index contributed by atoms with van der Waals surface area (Å²) in [4.78, 5) is 0. The molecule has 0 bridgehead atoms. The minimum atomic E-state index is 0.866. The van der Waals surface area contributed by atoms with E-state index in [4.69, 9.17) is 4.74 Å². The highest BCUT2D eigenvalue weighted by atomic mass is 16.5. The van der Waals surface area contributed by atoms with E-state index in [0.29, 0.717) is 0 Å². The maximum absolute atomic E-state index is 5.64. The molecule has 1 nitrogen and oxygen atoms in total. The molecule has 0 atom stereocenters. The maximum Gasteiger partial charge on any atom is 0.0494 e. The molecule has 0 aromatic heterocycles. The molecule has 0 radical (unpaired) electrons. The van der Waals surface area contributed by atoms with Crippen molar-refractivity contribution in [2.75, 3.05) is 13.2 Å². The molecule has 2 fully saturated rings. The van der Waals surface area contributed by atoms with Crippen molar-refractivity contribution in [3.05, 3.63) is 0 Å². The number of rotatable bonds is 12. The Labute approximate surface area is 158 Å². The molecule has 0 heterocycles. The molecular formula is C24H46O. The second-order valence-electron chi connectivity index (χ2n) is 9.13. The van der Waals surface area contributed by atoms with Gasteiger partial charge in [0.1, 0.15) is 0 Å². The van der Waals surface area contributed by atoms with E-state index < -0.39 is 0 Å². The first-order chi connectivity index (χ1) is 12.3. The topological polar surface area (TPSA) is 9.23 Å². The first kappa shape index (κ1) is 21.3. The molecule has 25 heavy (non-hydrogen) atoms. The van der Waals surface area contributed by atoms with Gasteiger partial charge in [-0.05, 0) is 69.1 Å². The van der Waals surface area contributed by atoms with Crippen molar-refractivity contribution in [2.24, 2.45) is 23.7 Å². The van der Waals surface area contributed by atoms with Crippen molar-refractivity contribution in [3.63, 3.8) is 0 Å². The predicted octanol–water partition coefficient (Wildman–Crippen LogP) is 7.78. The summed E-state index contributed by atoms with van der Waals surface area (Å²) in [5, 5.41) is 0. The maximum atomic E-state index is 5.64. The molecule has 148 valence electrons. The number of ether oxygens (including phenoxy) is 1. The lowest BCUT2D eigenvalue weighted by Gasteiger charge is -2.38. The van der Waals surface area contributed by atoms with Crippen molar-refractivity contribution in [1.82, 2.24) is 0 Å². The van der Waals surface area contributed by atoms with Crippen LogP contribution in [0.15, 0.2) is 0 Å². The van der Waals surface area contributed by atoms with Crippen LogP contribution in [0.25, 0.3) is 0 Å². The first-order valence-corrected chi connectivity index (χ1v) is 11.9. The molecule has 0 aromatic carbocycles. The van der Waals surface area contributed by atoms with Gasteiger partial charge in [-0.25, -0.2) is 0 Å². The zero-order chi connectivity index (χ0) is 17.7. The molecule has 0 N–H and O–H groups in total. The van der Waals surface area contributed by atoms with E-state index >= 15 is 0 Å². The molecule has 0 saturated heterocycles. The third-order valence-electron chi connectivity index (χ3n) is 7.22. The van der Waals surface area contributed by atoms with Crippen molar-refractivity contribution in [3.8, 4) is 0 Å². The standard InChI is InChI=1S/C24H46O/c1-3-5-6-7-8-9-10-11-21-12-16-23(17-13-21)24-18-14-22(15-19-24)20-25-4-2/h21-24H,3-20H2,1-2H3/t21-,22-,23-,24-. The van der Waals surface area contributed by atoms with Crippen LogP contribution in [0.1, 0.15) is 117 Å². The number of hydrogen-bond donors (Lipinski definition) is 0. The summed E-state index contributed by atoms with van der Waals surface area (Å²) < 4.78 is 5.64. The molecule has 2 aliphatic rings. The summed E-state index contributed by atoms with van der Waals surface area (Å²) in [6.07, 6.45) is 23.8. The molecule has 0 aromatic rings. The highest BCUT2D eigenvalue weighted by Gasteiger charge is 2.30. The minimum absolute atomic E-state index is 0.866. The van der Waals surface area contributed by atoms with Gasteiger partial charge >= 0.3 is 0 Å². The average Bonchev–Trinajstić information content (AvgIpc) is 2.66. The Morgan fingerprint density at radius 1 is 0.600 bits per heavy atom. The van der Waals surface area contributed by atoms with Gasteiger partial charge in [-0.15, -0.1) is 0 Å². The predicted molar refractivity (Wildman–Crippen MR) is 110 cm³/mol. The summed E-state index contributed by atoms with van der Waals surface area (Å²) in [5.74, 6) is 4.06. The van der Waals surface area contributed by atoms with Crippen LogP contribution in [0.3, 0.4) is 0 Å². The van der Waals surface area contributed by atoms with Gasteiger partial charge in [-0.1, -0.05) is 71.1 Å². The molecule has 2 saturated carbocycles. The van der Waals surface area contributed by atoms with Gasteiger partial charge in [0.2, 0.25) is 0 Å². The molecule has 0 unspecified atom stereocenters. The summed E-state index contributed by atoms with van der Waals surface area (Å²) in [6, 6.07) is 0. The van der Waals surface area contributed by atoms with Gasteiger partial charge in [-0.3, -0.25) is 0 Å². The molecule has 2 aliphatic carbocycles. The first-order valence-electron chi connectivity index (χ1n) is 11.9. The lowest BCUT2D eigenvalue weighted by molar-refractivity contribution is 0.0710. The molecule has 2 rings (SSSR count). The van der Waals surface area contributed by atoms with Crippen LogP contribution in [0.4, 0.5) is 0 Å². The minimum Gasteiger partial charge on any atom is -0.381 e. The molecule has 0 spiro atoms. The Morgan fingerprint density at radius 3 is 1.68 bits per heavy atom. The van der Waals surface area contributed by atoms with Gasteiger partial charge in [-0.2, -0.15) is 0 Å². The van der Waals surface area contributed by atoms with Crippen LogP contribution >= 0.6 is 0 Å². The van der Waals surface area contributed by atoms with Crippen molar-refractivity contribution in [2.45, 2.75) is 117 Å². The monoisotopic (exact) mass is 350 g/mol. The Balaban J connectivity index is 1.49. The summed E-state index contributed by atoms with van der Waals surface area (Å²) in [5.41, 5.74) is 0. The van der Waals surface area contributed by atoms with E-state index in [-0.39, 0.29) is 0 Å². The van der Waals surface area contributed by atoms with E-state index in [1.165, 1.54) is 77.0 Å². The van der Waals surface area contributed by atoms with Crippen LogP contribution in [-0.2, 0) is 4.74 Å². The van der Waals surface area contributed by atoms with Crippen LogP contribution in [0.5, 0.6) is 0 Å². The average molecular weight is 351 g/mol. The van der Waals surface area contributed by atoms with Crippen LogP contribution < -0.4 is 0 Å². The van der Waals surface area contributed by atoms with E-state index in [1.54, 1.807) is 25.7 Å². The van der Waals surface area contributed by atoms with E-state index in [1.807, 2.05) is 0 Å². The van der Waals surface area contributed by atoms with Gasteiger partial charge in [0.15, 0.2) is 0 Å². The number of hydrogen-bond acceptors (Lipinski definition) is 1. The largest absolute Gasteiger partial charge is 0.381 e. The fourth-order valence-electron chi connectivity index (χ4n) is 5.45. The van der Waals surface area contributed by atoms with Crippen LogP contribution in [0, 0.1) is 23.7 Å². The lowest BCUT2D eigenvalue weighted by Crippen LogP contribution is -2.27. The lowest BCUT2D eigenvalue weighted by atomic mass is 9.69. The Hall–Kier alpha value is -0.0400. The van der Waals surface area contributed by atoms with Gasteiger partial charge < -0.3 is 4.74 Å². The molecule has 1 heteroatoms. The van der Waals surface area contributed by atoms with E-state index in [9.17, 15) is 0 Å². The van der Waals surface area contributed by atoms with Gasteiger partial charge in [0.05, 0.1) is 0 Å². The second kappa shape index (κ2) is 13.2. The Bertz CT molecular complexity index is 297. The van der Waals surface area contributed by atoms with Crippen LogP contribution in [-0.4, -0.2) is 13.2 Å². The summed E-state index contributed by atoms with van der Waals surface area (Å²) >= 11 is 0. The molecular weight excluding hydrogens is 304 g/mol. The quantitative estimate of drug-likeness (QED) is 0.326. The Kier molecular flexibility index (Phi) is 11.2. The zero-order valence-electron chi connectivity index (χ0n) is 17.4.